The number of benzene rings is 2. The first-order valence-electron chi connectivity index (χ1n) is 6.90. The summed E-state index contributed by atoms with van der Waals surface area (Å²) >= 11 is 0. The highest BCUT2D eigenvalue weighted by atomic mass is 32.2. The molecule has 2 rings (SSSR count). The van der Waals surface area contributed by atoms with Crippen molar-refractivity contribution in [2.45, 2.75) is 4.90 Å². The van der Waals surface area contributed by atoms with Crippen molar-refractivity contribution < 1.29 is 22.8 Å². The maximum Gasteiger partial charge on any atom is 0.280 e. The number of anilines is 1. The fraction of sp³-hybridized carbons (Fsp3) is 0.143. The minimum Gasteiger partial charge on any atom is -0.493 e. The number of hydrogen-bond donors (Lipinski definition) is 1. The largest absolute Gasteiger partial charge is 0.493 e. The summed E-state index contributed by atoms with van der Waals surface area (Å²) in [5.74, 6) is 0.710. The topological polar surface area (TPSA) is 157 Å². The van der Waals surface area contributed by atoms with Gasteiger partial charge in [0.25, 0.3) is 15.7 Å². The third kappa shape index (κ3) is 3.94. The molecule has 2 aromatic carbocycles. The molecule has 0 atom stereocenters. The Morgan fingerprint density at radius 3 is 2.42 bits per heavy atom. The second kappa shape index (κ2) is 7.59. The van der Waals surface area contributed by atoms with Crippen molar-refractivity contribution in [1.82, 2.24) is 0 Å². The molecule has 0 saturated carbocycles. The van der Waals surface area contributed by atoms with Crippen LogP contribution >= 0.6 is 0 Å². The van der Waals surface area contributed by atoms with Crippen LogP contribution in [0.5, 0.6) is 11.5 Å². The summed E-state index contributed by atoms with van der Waals surface area (Å²) in [6, 6.07) is 7.32. The second-order valence-electron chi connectivity index (χ2n) is 4.77. The van der Waals surface area contributed by atoms with E-state index in [0.29, 0.717) is 11.5 Å². The van der Waals surface area contributed by atoms with Crippen LogP contribution in [0.1, 0.15) is 0 Å². The molecule has 1 N–H and O–H groups in total. The molecule has 0 aliphatic rings. The molecule has 2 aromatic rings. The molecule has 0 radical (unpaired) electrons. The van der Waals surface area contributed by atoms with E-state index >= 15 is 0 Å². The number of nitrogens with zero attached hydrogens (tertiary/aromatic N) is 4. The summed E-state index contributed by atoms with van der Waals surface area (Å²) in [7, 11) is -1.30. The smallest absolute Gasteiger partial charge is 0.280 e. The van der Waals surface area contributed by atoms with Crippen molar-refractivity contribution in [2.75, 3.05) is 18.9 Å². The minimum atomic E-state index is -4.13. The first kappa shape index (κ1) is 18.8. The van der Waals surface area contributed by atoms with E-state index in [0.717, 1.165) is 18.2 Å². The number of nitro groups is 1. The van der Waals surface area contributed by atoms with Gasteiger partial charge in [0.05, 0.1) is 29.7 Å². The molecule has 0 fully saturated rings. The van der Waals surface area contributed by atoms with Gasteiger partial charge in [-0.1, -0.05) is 5.11 Å². The summed E-state index contributed by atoms with van der Waals surface area (Å²) in [5.41, 5.74) is 7.68. The van der Waals surface area contributed by atoms with Gasteiger partial charge in [-0.2, -0.15) is 0 Å². The van der Waals surface area contributed by atoms with Crippen molar-refractivity contribution in [3.8, 4) is 11.5 Å². The van der Waals surface area contributed by atoms with Crippen LogP contribution < -0.4 is 14.2 Å². The Hall–Kier alpha value is -3.50. The van der Waals surface area contributed by atoms with Gasteiger partial charge in [-0.15, -0.1) is 0 Å². The lowest BCUT2D eigenvalue weighted by atomic mass is 10.3. The van der Waals surface area contributed by atoms with Crippen LogP contribution in [0.3, 0.4) is 0 Å². The van der Waals surface area contributed by atoms with Crippen molar-refractivity contribution in [3.05, 3.63) is 57.0 Å². The lowest BCUT2D eigenvalue weighted by Gasteiger charge is -2.12. The summed E-state index contributed by atoms with van der Waals surface area (Å²) in [4.78, 5) is 12.3. The quantitative estimate of drug-likeness (QED) is 0.255. The van der Waals surface area contributed by atoms with E-state index in [1.807, 2.05) is 0 Å². The number of rotatable bonds is 7. The third-order valence-electron chi connectivity index (χ3n) is 3.24. The fourth-order valence-electron chi connectivity index (χ4n) is 2.06. The average molecular weight is 379 g/mol. The molecule has 0 aromatic heterocycles. The van der Waals surface area contributed by atoms with Crippen LogP contribution in [0, 0.1) is 10.1 Å². The molecule has 0 unspecified atom stereocenters. The molecule has 11 nitrogen and oxygen atoms in total. The van der Waals surface area contributed by atoms with E-state index in [2.05, 4.69) is 14.7 Å². The Kier molecular flexibility index (Phi) is 5.50. The van der Waals surface area contributed by atoms with Gasteiger partial charge in [0.1, 0.15) is 5.69 Å². The molecule has 26 heavy (non-hydrogen) atoms. The van der Waals surface area contributed by atoms with Crippen molar-refractivity contribution in [2.24, 2.45) is 5.11 Å². The first-order chi connectivity index (χ1) is 12.3. The first-order valence-corrected chi connectivity index (χ1v) is 8.39. The normalized spacial score (nSPS) is 10.5. The van der Waals surface area contributed by atoms with E-state index in [9.17, 15) is 18.5 Å². The zero-order valence-electron chi connectivity index (χ0n) is 13.6. The summed E-state index contributed by atoms with van der Waals surface area (Å²) in [6.07, 6.45) is 0. The zero-order valence-corrected chi connectivity index (χ0v) is 14.4. The van der Waals surface area contributed by atoms with Gasteiger partial charge in [-0.3, -0.25) is 14.8 Å². The number of ether oxygens (including phenoxy) is 2. The Morgan fingerprint density at radius 2 is 1.85 bits per heavy atom. The van der Waals surface area contributed by atoms with Crippen LogP contribution in [0.4, 0.5) is 17.1 Å². The Balaban J connectivity index is 2.43. The predicted octanol–water partition coefficient (Wildman–Crippen LogP) is 3.35. The molecule has 0 bridgehead atoms. The zero-order chi connectivity index (χ0) is 19.3. The van der Waals surface area contributed by atoms with Crippen LogP contribution in [0.15, 0.2) is 46.4 Å². The molecular weight excluding hydrogens is 366 g/mol. The highest BCUT2D eigenvalue weighted by Crippen LogP contribution is 2.33. The fourth-order valence-corrected chi connectivity index (χ4v) is 3.13. The maximum absolute atomic E-state index is 12.5. The van der Waals surface area contributed by atoms with E-state index in [-0.39, 0.29) is 16.3 Å². The third-order valence-corrected chi connectivity index (χ3v) is 4.62. The van der Waals surface area contributed by atoms with E-state index in [4.69, 9.17) is 15.0 Å². The Labute approximate surface area is 148 Å². The number of nitrogens with one attached hydrogen (secondary N) is 1. The van der Waals surface area contributed by atoms with E-state index in [1.54, 1.807) is 0 Å². The van der Waals surface area contributed by atoms with Gasteiger partial charge in [0.15, 0.2) is 11.5 Å². The monoisotopic (exact) mass is 379 g/mol. The van der Waals surface area contributed by atoms with E-state index in [1.165, 1.54) is 32.4 Å². The van der Waals surface area contributed by atoms with Crippen LogP contribution in [0.25, 0.3) is 10.4 Å². The standard InChI is InChI=1S/C14H13N5O6S/c1-24-13-6-3-9(7-14(13)25-2)17-26(22,23)10-4-5-11(16-18-15)12(8-10)19(20)21/h3-8,17H,1-2H3. The Morgan fingerprint density at radius 1 is 1.15 bits per heavy atom. The van der Waals surface area contributed by atoms with Crippen molar-refractivity contribution in [3.63, 3.8) is 0 Å². The van der Waals surface area contributed by atoms with Gasteiger partial charge >= 0.3 is 0 Å². The Bertz CT molecular complexity index is 1000. The number of methoxy groups -OCH3 is 2. The SMILES string of the molecule is COc1ccc(NS(=O)(=O)c2ccc(N=[N+]=[N-])c([N+](=O)[O-])c2)cc1OC. The second-order valence-corrected chi connectivity index (χ2v) is 6.45. The van der Waals surface area contributed by atoms with Crippen molar-refractivity contribution in [1.29, 1.82) is 0 Å². The lowest BCUT2D eigenvalue weighted by molar-refractivity contribution is -0.384. The van der Waals surface area contributed by atoms with Crippen LogP contribution in [0.2, 0.25) is 0 Å². The van der Waals surface area contributed by atoms with Crippen LogP contribution in [-0.4, -0.2) is 27.6 Å². The molecule has 0 heterocycles. The molecule has 0 aliphatic heterocycles. The molecular formula is C14H13N5O6S. The number of sulfonamides is 1. The number of nitro benzene ring substituents is 1. The predicted molar refractivity (Wildman–Crippen MR) is 92.3 cm³/mol. The average Bonchev–Trinajstić information content (AvgIpc) is 2.61. The summed E-state index contributed by atoms with van der Waals surface area (Å²) in [6.45, 7) is 0. The minimum absolute atomic E-state index is 0.171. The number of azide groups is 1. The van der Waals surface area contributed by atoms with Gasteiger partial charge < -0.3 is 9.47 Å². The lowest BCUT2D eigenvalue weighted by Crippen LogP contribution is -2.13. The van der Waals surface area contributed by atoms with Crippen molar-refractivity contribution >= 4 is 27.1 Å². The molecule has 0 spiro atoms. The van der Waals surface area contributed by atoms with Gasteiger partial charge in [0, 0.05) is 17.0 Å². The molecule has 136 valence electrons. The van der Waals surface area contributed by atoms with Gasteiger partial charge in [-0.05, 0) is 29.8 Å². The summed E-state index contributed by atoms with van der Waals surface area (Å²) in [5, 5.41) is 14.2. The number of hydrogen-bond acceptors (Lipinski definition) is 7. The molecule has 0 aliphatic carbocycles. The van der Waals surface area contributed by atoms with E-state index < -0.39 is 20.6 Å². The highest BCUT2D eigenvalue weighted by Gasteiger charge is 2.21. The van der Waals surface area contributed by atoms with Crippen LogP contribution in [-0.2, 0) is 10.0 Å². The van der Waals surface area contributed by atoms with Gasteiger partial charge in [-0.25, -0.2) is 8.42 Å². The maximum atomic E-state index is 12.5. The molecule has 12 heteroatoms. The molecule has 0 amide bonds. The molecule has 0 saturated heterocycles. The highest BCUT2D eigenvalue weighted by molar-refractivity contribution is 7.92. The summed E-state index contributed by atoms with van der Waals surface area (Å²) < 4.78 is 37.4. The van der Waals surface area contributed by atoms with Gasteiger partial charge in [0.2, 0.25) is 0 Å².